The summed E-state index contributed by atoms with van der Waals surface area (Å²) in [6, 6.07) is 7.22. The number of carbonyl (C=O) groups is 2. The lowest BCUT2D eigenvalue weighted by atomic mass is 10.0. The van der Waals surface area contributed by atoms with E-state index in [1.54, 1.807) is 19.1 Å². The van der Waals surface area contributed by atoms with Crippen molar-refractivity contribution in [3.05, 3.63) is 48.0 Å². The maximum absolute atomic E-state index is 13.2. The first-order valence-corrected chi connectivity index (χ1v) is 7.26. The molecule has 0 radical (unpaired) electrons. The molecule has 1 heterocycles. The smallest absolute Gasteiger partial charge is 0.220 e. The third-order valence-electron chi connectivity index (χ3n) is 3.24. The molecule has 1 amide bonds. The summed E-state index contributed by atoms with van der Waals surface area (Å²) in [4.78, 5) is 27.3. The van der Waals surface area contributed by atoms with Crippen LogP contribution in [-0.4, -0.2) is 28.3 Å². The molecule has 120 valence electrons. The molecule has 2 rings (SSSR count). The van der Waals surface area contributed by atoms with Crippen molar-refractivity contribution in [3.63, 3.8) is 0 Å². The number of amides is 1. The van der Waals surface area contributed by atoms with Crippen molar-refractivity contribution in [2.75, 3.05) is 6.54 Å². The average Bonchev–Trinajstić information content (AvgIpc) is 2.53. The molecule has 2 aromatic rings. The van der Waals surface area contributed by atoms with Crippen LogP contribution in [0, 0.1) is 5.82 Å². The number of pyridine rings is 1. The third-order valence-corrected chi connectivity index (χ3v) is 3.24. The van der Waals surface area contributed by atoms with Gasteiger partial charge in [0.1, 0.15) is 17.3 Å². The van der Waals surface area contributed by atoms with Crippen LogP contribution >= 0.6 is 0 Å². The number of carbonyl (C=O) groups excluding carboxylic acids is 2. The Balaban J connectivity index is 2.13. The number of aromatic hydroxyl groups is 1. The summed E-state index contributed by atoms with van der Waals surface area (Å²) >= 11 is 0. The average molecular weight is 316 g/mol. The van der Waals surface area contributed by atoms with E-state index in [4.69, 9.17) is 0 Å². The molecule has 0 bridgehead atoms. The van der Waals surface area contributed by atoms with Crippen molar-refractivity contribution in [2.24, 2.45) is 0 Å². The normalized spacial score (nSPS) is 10.3. The molecular weight excluding hydrogens is 299 g/mol. The van der Waals surface area contributed by atoms with Crippen molar-refractivity contribution in [3.8, 4) is 16.9 Å². The quantitative estimate of drug-likeness (QED) is 0.803. The largest absolute Gasteiger partial charge is 0.506 e. The highest BCUT2D eigenvalue weighted by Crippen LogP contribution is 2.26. The van der Waals surface area contributed by atoms with Gasteiger partial charge >= 0.3 is 0 Å². The number of nitrogens with zero attached hydrogens (tertiary/aromatic N) is 1. The van der Waals surface area contributed by atoms with Gasteiger partial charge in [0.2, 0.25) is 5.91 Å². The predicted molar refractivity (Wildman–Crippen MR) is 83.5 cm³/mol. The highest BCUT2D eigenvalue weighted by molar-refractivity contribution is 5.98. The Morgan fingerprint density at radius 2 is 2.00 bits per heavy atom. The third kappa shape index (κ3) is 4.35. The Morgan fingerprint density at radius 1 is 1.22 bits per heavy atom. The number of aromatic nitrogens is 1. The predicted octanol–water partition coefficient (Wildman–Crippen LogP) is 2.69. The van der Waals surface area contributed by atoms with Crippen LogP contribution < -0.4 is 5.32 Å². The zero-order valence-electron chi connectivity index (χ0n) is 12.7. The Labute approximate surface area is 133 Å². The Hall–Kier alpha value is -2.76. The van der Waals surface area contributed by atoms with Gasteiger partial charge in [-0.2, -0.15) is 0 Å². The fourth-order valence-electron chi connectivity index (χ4n) is 2.12. The second-order valence-electron chi connectivity index (χ2n) is 4.98. The fraction of sp³-hybridized carbons (Fsp3) is 0.235. The summed E-state index contributed by atoms with van der Waals surface area (Å²) in [5, 5.41) is 12.6. The van der Waals surface area contributed by atoms with Crippen LogP contribution in [0.15, 0.2) is 36.5 Å². The highest BCUT2D eigenvalue weighted by atomic mass is 19.1. The van der Waals surface area contributed by atoms with Gasteiger partial charge in [0.25, 0.3) is 0 Å². The van der Waals surface area contributed by atoms with Crippen molar-refractivity contribution >= 4 is 11.7 Å². The van der Waals surface area contributed by atoms with Gasteiger partial charge in [-0.1, -0.05) is 12.1 Å². The Bertz CT molecular complexity index is 732. The van der Waals surface area contributed by atoms with Crippen molar-refractivity contribution in [2.45, 2.75) is 19.8 Å². The number of ketones is 1. The molecule has 1 aromatic carbocycles. The summed E-state index contributed by atoms with van der Waals surface area (Å²) < 4.78 is 13.2. The number of rotatable bonds is 6. The molecule has 0 fully saturated rings. The SMILES string of the molecule is CCNC(=O)CCC(=O)c1ncc(-c2cccc(F)c2)cc1O. The molecule has 0 aliphatic rings. The van der Waals surface area contributed by atoms with Crippen LogP contribution in [0.5, 0.6) is 5.75 Å². The van der Waals surface area contributed by atoms with Crippen molar-refractivity contribution < 1.29 is 19.1 Å². The van der Waals surface area contributed by atoms with Gasteiger partial charge in [0, 0.05) is 31.1 Å². The molecule has 0 unspecified atom stereocenters. The molecule has 1 aromatic heterocycles. The van der Waals surface area contributed by atoms with E-state index < -0.39 is 11.6 Å². The van der Waals surface area contributed by atoms with Gasteiger partial charge < -0.3 is 10.4 Å². The fourth-order valence-corrected chi connectivity index (χ4v) is 2.12. The van der Waals surface area contributed by atoms with E-state index in [1.807, 2.05) is 0 Å². The summed E-state index contributed by atoms with van der Waals surface area (Å²) in [5.41, 5.74) is 0.964. The number of benzene rings is 1. The minimum absolute atomic E-state index is 0.0360. The molecule has 0 spiro atoms. The summed E-state index contributed by atoms with van der Waals surface area (Å²) in [7, 11) is 0. The number of hydrogen-bond acceptors (Lipinski definition) is 4. The number of Topliss-reactive ketones (excluding diaryl/α,β-unsaturated/α-hetero) is 1. The van der Waals surface area contributed by atoms with Crippen molar-refractivity contribution in [1.29, 1.82) is 0 Å². The van der Waals surface area contributed by atoms with E-state index in [1.165, 1.54) is 24.4 Å². The molecule has 6 heteroatoms. The first-order chi connectivity index (χ1) is 11.0. The lowest BCUT2D eigenvalue weighted by Crippen LogP contribution is -2.23. The second-order valence-corrected chi connectivity index (χ2v) is 4.98. The number of nitrogens with one attached hydrogen (secondary N) is 1. The van der Waals surface area contributed by atoms with Crippen LogP contribution in [0.1, 0.15) is 30.3 Å². The zero-order chi connectivity index (χ0) is 16.8. The van der Waals surface area contributed by atoms with Gasteiger partial charge in [0.05, 0.1) is 0 Å². The van der Waals surface area contributed by atoms with Gasteiger partial charge in [-0.3, -0.25) is 9.59 Å². The Kier molecular flexibility index (Phi) is 5.41. The first kappa shape index (κ1) is 16.6. The Morgan fingerprint density at radius 3 is 2.65 bits per heavy atom. The van der Waals surface area contributed by atoms with Crippen LogP contribution in [0.2, 0.25) is 0 Å². The van der Waals surface area contributed by atoms with Gasteiger partial charge in [0.15, 0.2) is 5.78 Å². The van der Waals surface area contributed by atoms with E-state index in [0.29, 0.717) is 17.7 Å². The van der Waals surface area contributed by atoms with Gasteiger partial charge in [-0.05, 0) is 30.7 Å². The minimum atomic E-state index is -0.417. The van der Waals surface area contributed by atoms with Crippen LogP contribution in [0.4, 0.5) is 4.39 Å². The first-order valence-electron chi connectivity index (χ1n) is 7.26. The van der Waals surface area contributed by atoms with E-state index in [0.717, 1.165) is 0 Å². The molecule has 0 saturated carbocycles. The summed E-state index contributed by atoms with van der Waals surface area (Å²) in [6.07, 6.45) is 1.40. The van der Waals surface area contributed by atoms with Gasteiger partial charge in [-0.15, -0.1) is 0 Å². The maximum atomic E-state index is 13.2. The molecular formula is C17H17FN2O3. The van der Waals surface area contributed by atoms with E-state index in [9.17, 15) is 19.1 Å². The van der Waals surface area contributed by atoms with Crippen LogP contribution in [-0.2, 0) is 4.79 Å². The molecule has 23 heavy (non-hydrogen) atoms. The topological polar surface area (TPSA) is 79.3 Å². The van der Waals surface area contributed by atoms with Crippen LogP contribution in [0.3, 0.4) is 0 Å². The maximum Gasteiger partial charge on any atom is 0.220 e. The lowest BCUT2D eigenvalue weighted by Gasteiger charge is -2.06. The molecule has 5 nitrogen and oxygen atoms in total. The number of halogens is 1. The zero-order valence-corrected chi connectivity index (χ0v) is 12.7. The second kappa shape index (κ2) is 7.49. The summed E-state index contributed by atoms with van der Waals surface area (Å²) in [5.74, 6) is -1.33. The molecule has 2 N–H and O–H groups in total. The number of hydrogen-bond donors (Lipinski definition) is 2. The van der Waals surface area contributed by atoms with Gasteiger partial charge in [-0.25, -0.2) is 9.37 Å². The van der Waals surface area contributed by atoms with Crippen molar-refractivity contribution in [1.82, 2.24) is 10.3 Å². The van der Waals surface area contributed by atoms with E-state index in [2.05, 4.69) is 10.3 Å². The molecule has 0 saturated heterocycles. The minimum Gasteiger partial charge on any atom is -0.506 e. The standard InChI is InChI=1S/C17H17FN2O3/c1-2-19-16(23)7-6-14(21)17-15(22)9-12(10-20-17)11-4-3-5-13(18)8-11/h3-5,8-10,22H,2,6-7H2,1H3,(H,19,23). The van der Waals surface area contributed by atoms with E-state index >= 15 is 0 Å². The lowest BCUT2D eigenvalue weighted by molar-refractivity contribution is -0.120. The molecule has 0 aliphatic heterocycles. The summed E-state index contributed by atoms with van der Waals surface area (Å²) in [6.45, 7) is 2.29. The van der Waals surface area contributed by atoms with E-state index in [-0.39, 0.29) is 30.2 Å². The van der Waals surface area contributed by atoms with Crippen LogP contribution in [0.25, 0.3) is 11.1 Å². The highest BCUT2D eigenvalue weighted by Gasteiger charge is 2.15. The molecule has 0 aliphatic carbocycles. The monoisotopic (exact) mass is 316 g/mol. The molecule has 0 atom stereocenters.